The molecule has 1 N–H and O–H groups in total. The Morgan fingerprint density at radius 1 is 1.30 bits per heavy atom. The van der Waals surface area contributed by atoms with Crippen LogP contribution in [-0.4, -0.2) is 50.7 Å². The van der Waals surface area contributed by atoms with Crippen LogP contribution in [0.15, 0.2) is 35.9 Å². The molecule has 1 aromatic carbocycles. The lowest BCUT2D eigenvalue weighted by atomic mass is 9.95. The molecule has 0 unspecified atom stereocenters. The lowest BCUT2D eigenvalue weighted by molar-refractivity contribution is -0.126. The first-order valence-electron chi connectivity index (χ1n) is 8.40. The highest BCUT2D eigenvalue weighted by Crippen LogP contribution is 2.18. The average molecular weight is 316 g/mol. The first kappa shape index (κ1) is 17.7. The lowest BCUT2D eigenvalue weighted by Gasteiger charge is -2.31. The Labute approximate surface area is 139 Å². The van der Waals surface area contributed by atoms with Crippen LogP contribution in [-0.2, 0) is 9.53 Å². The van der Waals surface area contributed by atoms with Crippen molar-refractivity contribution in [3.8, 4) is 0 Å². The van der Waals surface area contributed by atoms with Crippen LogP contribution in [0, 0.1) is 5.92 Å². The third-order valence-corrected chi connectivity index (χ3v) is 4.25. The summed E-state index contributed by atoms with van der Waals surface area (Å²) in [6.07, 6.45) is 4.12. The molecular weight excluding hydrogens is 288 g/mol. The molecular formula is C19H28N2O2. The van der Waals surface area contributed by atoms with E-state index in [0.717, 1.165) is 32.5 Å². The maximum absolute atomic E-state index is 12.0. The minimum Gasteiger partial charge on any atom is -0.383 e. The van der Waals surface area contributed by atoms with E-state index in [9.17, 15) is 4.79 Å². The Kier molecular flexibility index (Phi) is 7.30. The minimum absolute atomic E-state index is 0.154. The van der Waals surface area contributed by atoms with Gasteiger partial charge < -0.3 is 10.1 Å². The molecule has 0 atom stereocenters. The summed E-state index contributed by atoms with van der Waals surface area (Å²) in [5, 5.41) is 2.95. The zero-order valence-electron chi connectivity index (χ0n) is 14.3. The van der Waals surface area contributed by atoms with E-state index >= 15 is 0 Å². The predicted molar refractivity (Wildman–Crippen MR) is 94.1 cm³/mol. The number of ether oxygens (including phenoxy) is 1. The van der Waals surface area contributed by atoms with Crippen LogP contribution >= 0.6 is 0 Å². The van der Waals surface area contributed by atoms with Gasteiger partial charge in [0.05, 0.1) is 6.61 Å². The molecule has 2 rings (SSSR count). The quantitative estimate of drug-likeness (QED) is 0.786. The number of nitrogens with one attached hydrogen (secondary N) is 1. The van der Waals surface area contributed by atoms with Gasteiger partial charge in [0.1, 0.15) is 0 Å². The van der Waals surface area contributed by atoms with Gasteiger partial charge in [0.15, 0.2) is 0 Å². The van der Waals surface area contributed by atoms with Gasteiger partial charge in [-0.3, -0.25) is 9.69 Å². The fourth-order valence-corrected chi connectivity index (χ4v) is 3.01. The molecule has 0 aromatic heterocycles. The maximum Gasteiger partial charge on any atom is 0.223 e. The summed E-state index contributed by atoms with van der Waals surface area (Å²) in [4.78, 5) is 14.5. The second-order valence-corrected chi connectivity index (χ2v) is 6.24. The number of hydrogen-bond donors (Lipinski definition) is 1. The zero-order valence-corrected chi connectivity index (χ0v) is 14.3. The monoisotopic (exact) mass is 316 g/mol. The topological polar surface area (TPSA) is 41.6 Å². The van der Waals surface area contributed by atoms with Gasteiger partial charge in [0.2, 0.25) is 5.91 Å². The van der Waals surface area contributed by atoms with Crippen molar-refractivity contribution in [3.05, 3.63) is 41.5 Å². The molecule has 1 saturated heterocycles. The van der Waals surface area contributed by atoms with E-state index in [1.54, 1.807) is 7.11 Å². The van der Waals surface area contributed by atoms with Crippen LogP contribution in [0.5, 0.6) is 0 Å². The number of hydrogen-bond acceptors (Lipinski definition) is 3. The number of methoxy groups -OCH3 is 1. The van der Waals surface area contributed by atoms with Crippen molar-refractivity contribution in [1.29, 1.82) is 0 Å². The molecule has 23 heavy (non-hydrogen) atoms. The summed E-state index contributed by atoms with van der Waals surface area (Å²) in [7, 11) is 1.65. The van der Waals surface area contributed by atoms with Gasteiger partial charge in [-0.05, 0) is 38.4 Å². The summed E-state index contributed by atoms with van der Waals surface area (Å²) in [6.45, 7) is 6.32. The minimum atomic E-state index is 0.154. The van der Waals surface area contributed by atoms with Gasteiger partial charge in [-0.15, -0.1) is 0 Å². The summed E-state index contributed by atoms with van der Waals surface area (Å²) < 4.78 is 4.96. The Balaban J connectivity index is 1.74. The fraction of sp³-hybridized carbons (Fsp3) is 0.526. The Morgan fingerprint density at radius 3 is 2.65 bits per heavy atom. The number of carbonyl (C=O) groups excluding carboxylic acids is 1. The number of likely N-dealkylation sites (tertiary alicyclic amines) is 1. The number of amides is 1. The van der Waals surface area contributed by atoms with E-state index in [2.05, 4.69) is 47.5 Å². The van der Waals surface area contributed by atoms with Crippen molar-refractivity contribution >= 4 is 12.0 Å². The molecule has 1 aromatic rings. The second-order valence-electron chi connectivity index (χ2n) is 6.24. The van der Waals surface area contributed by atoms with Crippen LogP contribution in [0.25, 0.3) is 6.08 Å². The molecule has 0 spiro atoms. The fourth-order valence-electron chi connectivity index (χ4n) is 3.01. The molecule has 1 aliphatic rings. The molecule has 0 saturated carbocycles. The van der Waals surface area contributed by atoms with Gasteiger partial charge >= 0.3 is 0 Å². The van der Waals surface area contributed by atoms with Gasteiger partial charge in [-0.2, -0.15) is 0 Å². The number of nitrogens with zero attached hydrogens (tertiary/aromatic N) is 1. The van der Waals surface area contributed by atoms with Gasteiger partial charge in [0.25, 0.3) is 0 Å². The second kappa shape index (κ2) is 9.48. The van der Waals surface area contributed by atoms with E-state index in [4.69, 9.17) is 4.74 Å². The Bertz CT molecular complexity index is 505. The highest BCUT2D eigenvalue weighted by molar-refractivity contribution is 5.78. The van der Waals surface area contributed by atoms with E-state index < -0.39 is 0 Å². The lowest BCUT2D eigenvalue weighted by Crippen LogP contribution is -2.41. The summed E-state index contributed by atoms with van der Waals surface area (Å²) in [5.41, 5.74) is 2.61. The molecule has 0 bridgehead atoms. The van der Waals surface area contributed by atoms with Gasteiger partial charge in [-0.25, -0.2) is 0 Å². The van der Waals surface area contributed by atoms with Crippen LogP contribution in [0.1, 0.15) is 25.3 Å². The van der Waals surface area contributed by atoms with Crippen LogP contribution in [0.4, 0.5) is 0 Å². The highest BCUT2D eigenvalue weighted by Gasteiger charge is 2.24. The first-order chi connectivity index (χ1) is 11.2. The molecule has 0 aliphatic carbocycles. The molecule has 1 aliphatic heterocycles. The van der Waals surface area contributed by atoms with Crippen molar-refractivity contribution in [2.24, 2.45) is 5.92 Å². The third-order valence-electron chi connectivity index (χ3n) is 4.25. The average Bonchev–Trinajstić information content (AvgIpc) is 2.56. The van der Waals surface area contributed by atoms with Crippen molar-refractivity contribution < 1.29 is 9.53 Å². The van der Waals surface area contributed by atoms with Crippen LogP contribution in [0.3, 0.4) is 0 Å². The van der Waals surface area contributed by atoms with Crippen molar-refractivity contribution in [1.82, 2.24) is 10.2 Å². The van der Waals surface area contributed by atoms with Crippen molar-refractivity contribution in [3.63, 3.8) is 0 Å². The number of piperidine rings is 1. The van der Waals surface area contributed by atoms with E-state index in [0.29, 0.717) is 13.2 Å². The zero-order chi connectivity index (χ0) is 16.5. The van der Waals surface area contributed by atoms with Crippen LogP contribution in [0.2, 0.25) is 0 Å². The SMILES string of the molecule is COCCNC(=O)C1CCN(CC(C)=Cc2ccccc2)CC1. The highest BCUT2D eigenvalue weighted by atomic mass is 16.5. The standard InChI is InChI=1S/C19H28N2O2/c1-16(14-17-6-4-3-5-7-17)15-21-11-8-18(9-12-21)19(22)20-10-13-23-2/h3-7,14,18H,8-13,15H2,1-2H3,(H,20,22). The maximum atomic E-state index is 12.0. The number of rotatable bonds is 7. The van der Waals surface area contributed by atoms with E-state index in [-0.39, 0.29) is 11.8 Å². The molecule has 1 fully saturated rings. The molecule has 0 radical (unpaired) electrons. The molecule has 4 heteroatoms. The Morgan fingerprint density at radius 2 is 2.00 bits per heavy atom. The first-order valence-corrected chi connectivity index (χ1v) is 8.40. The van der Waals surface area contributed by atoms with Crippen molar-refractivity contribution in [2.75, 3.05) is 39.9 Å². The van der Waals surface area contributed by atoms with Crippen molar-refractivity contribution in [2.45, 2.75) is 19.8 Å². The molecule has 1 heterocycles. The number of benzene rings is 1. The van der Waals surface area contributed by atoms with E-state index in [1.807, 2.05) is 6.07 Å². The van der Waals surface area contributed by atoms with Gasteiger partial charge in [-0.1, -0.05) is 42.0 Å². The summed E-state index contributed by atoms with van der Waals surface area (Å²) >= 11 is 0. The normalized spacial score (nSPS) is 17.2. The van der Waals surface area contributed by atoms with Gasteiger partial charge in [0, 0.05) is 26.1 Å². The van der Waals surface area contributed by atoms with Crippen LogP contribution < -0.4 is 5.32 Å². The third kappa shape index (κ3) is 6.16. The molecule has 126 valence electrons. The Hall–Kier alpha value is -1.65. The summed E-state index contributed by atoms with van der Waals surface area (Å²) in [6, 6.07) is 10.4. The predicted octanol–water partition coefficient (Wildman–Crippen LogP) is 2.56. The molecule has 4 nitrogen and oxygen atoms in total. The summed E-state index contributed by atoms with van der Waals surface area (Å²) in [5.74, 6) is 0.333. The smallest absolute Gasteiger partial charge is 0.223 e. The molecule has 1 amide bonds. The number of carbonyl (C=O) groups is 1. The largest absolute Gasteiger partial charge is 0.383 e. The van der Waals surface area contributed by atoms with E-state index in [1.165, 1.54) is 11.1 Å².